The molecular formula is C18H14N2O. The Balaban J connectivity index is 1.90. The van der Waals surface area contributed by atoms with E-state index in [2.05, 4.69) is 34.6 Å². The van der Waals surface area contributed by atoms with Crippen LogP contribution in [0.15, 0.2) is 71.4 Å². The van der Waals surface area contributed by atoms with Crippen LogP contribution >= 0.6 is 0 Å². The second-order valence-electron chi connectivity index (χ2n) is 4.96. The van der Waals surface area contributed by atoms with Crippen molar-refractivity contribution in [2.45, 2.75) is 0 Å². The zero-order valence-corrected chi connectivity index (χ0v) is 11.4. The lowest BCUT2D eigenvalue weighted by Crippen LogP contribution is -2.16. The maximum absolute atomic E-state index is 5.99. The van der Waals surface area contributed by atoms with Gasteiger partial charge in [-0.3, -0.25) is 4.98 Å². The average Bonchev–Trinajstić information content (AvgIpc) is 2.99. The van der Waals surface area contributed by atoms with Gasteiger partial charge in [-0.15, -0.1) is 0 Å². The van der Waals surface area contributed by atoms with Gasteiger partial charge in [0, 0.05) is 29.9 Å². The number of nitrogens with one attached hydrogen (secondary N) is 1. The average molecular weight is 274 g/mol. The first-order chi connectivity index (χ1) is 10.4. The fraction of sp³-hybridized carbons (Fsp3) is 0.0556. The fourth-order valence-corrected chi connectivity index (χ4v) is 2.61. The van der Waals surface area contributed by atoms with E-state index >= 15 is 0 Å². The largest absolute Gasteiger partial charge is 0.455 e. The third-order valence-electron chi connectivity index (χ3n) is 3.61. The summed E-state index contributed by atoms with van der Waals surface area (Å²) in [6.07, 6.45) is 7.86. The number of hydrogen-bond donors (Lipinski definition) is 1. The molecule has 21 heavy (non-hydrogen) atoms. The smallest absolute Gasteiger partial charge is 0.151 e. The lowest BCUT2D eigenvalue weighted by Gasteiger charge is -2.16. The van der Waals surface area contributed by atoms with Crippen molar-refractivity contribution in [2.75, 3.05) is 6.54 Å². The van der Waals surface area contributed by atoms with E-state index in [1.165, 1.54) is 0 Å². The number of furan rings is 1. The Hall–Kier alpha value is -2.81. The lowest BCUT2D eigenvalue weighted by atomic mass is 10.0. The number of dihydropyridines is 1. The quantitative estimate of drug-likeness (QED) is 0.771. The molecule has 0 unspecified atom stereocenters. The second kappa shape index (κ2) is 4.94. The third-order valence-corrected chi connectivity index (χ3v) is 3.61. The molecule has 1 aliphatic rings. The highest BCUT2D eigenvalue weighted by Gasteiger charge is 2.15. The van der Waals surface area contributed by atoms with Crippen molar-refractivity contribution >= 4 is 22.2 Å². The number of benzene rings is 1. The van der Waals surface area contributed by atoms with Gasteiger partial charge in [-0.05, 0) is 29.8 Å². The first-order valence-corrected chi connectivity index (χ1v) is 6.96. The van der Waals surface area contributed by atoms with Crippen molar-refractivity contribution in [1.82, 2.24) is 10.3 Å². The normalized spacial score (nSPS) is 14.5. The Morgan fingerprint density at radius 1 is 1.05 bits per heavy atom. The van der Waals surface area contributed by atoms with Gasteiger partial charge in [0.1, 0.15) is 5.58 Å². The molecule has 0 aliphatic carbocycles. The van der Waals surface area contributed by atoms with Gasteiger partial charge in [-0.2, -0.15) is 0 Å². The minimum atomic E-state index is 0.807. The van der Waals surface area contributed by atoms with Crippen LogP contribution in [-0.4, -0.2) is 11.5 Å². The topological polar surface area (TPSA) is 38.1 Å². The maximum atomic E-state index is 5.99. The van der Waals surface area contributed by atoms with Crippen molar-refractivity contribution in [3.05, 3.63) is 78.3 Å². The molecule has 3 aromatic rings. The third kappa shape index (κ3) is 2.13. The summed E-state index contributed by atoms with van der Waals surface area (Å²) in [7, 11) is 0. The number of para-hydroxylation sites is 1. The molecule has 0 saturated carbocycles. The zero-order valence-electron chi connectivity index (χ0n) is 11.4. The number of rotatable bonds is 2. The van der Waals surface area contributed by atoms with Crippen LogP contribution in [0.1, 0.15) is 11.3 Å². The molecule has 2 aromatic heterocycles. The first-order valence-electron chi connectivity index (χ1n) is 6.96. The van der Waals surface area contributed by atoms with Crippen LogP contribution in [0.4, 0.5) is 0 Å². The summed E-state index contributed by atoms with van der Waals surface area (Å²) in [6, 6.07) is 14.2. The summed E-state index contributed by atoms with van der Waals surface area (Å²) in [5.74, 6) is 0.868. The van der Waals surface area contributed by atoms with Crippen molar-refractivity contribution in [3.8, 4) is 0 Å². The van der Waals surface area contributed by atoms with E-state index in [1.54, 1.807) is 12.4 Å². The molecular weight excluding hydrogens is 260 g/mol. The van der Waals surface area contributed by atoms with E-state index in [0.29, 0.717) is 0 Å². The lowest BCUT2D eigenvalue weighted by molar-refractivity contribution is 0.593. The van der Waals surface area contributed by atoms with Gasteiger partial charge < -0.3 is 9.73 Å². The zero-order chi connectivity index (χ0) is 14.1. The highest BCUT2D eigenvalue weighted by molar-refractivity contribution is 5.96. The molecule has 1 aliphatic heterocycles. The van der Waals surface area contributed by atoms with Crippen LogP contribution in [0.2, 0.25) is 0 Å². The Kier molecular flexibility index (Phi) is 2.82. The van der Waals surface area contributed by atoms with Crippen LogP contribution in [0.5, 0.6) is 0 Å². The summed E-state index contributed by atoms with van der Waals surface area (Å²) in [5, 5.41) is 4.54. The predicted octanol–water partition coefficient (Wildman–Crippen LogP) is 3.86. The minimum absolute atomic E-state index is 0.807. The van der Waals surface area contributed by atoms with Crippen LogP contribution in [0, 0.1) is 0 Å². The van der Waals surface area contributed by atoms with Gasteiger partial charge >= 0.3 is 0 Å². The molecule has 0 bridgehead atoms. The molecule has 102 valence electrons. The van der Waals surface area contributed by atoms with Crippen molar-refractivity contribution < 1.29 is 4.42 Å². The minimum Gasteiger partial charge on any atom is -0.455 e. The molecule has 0 spiro atoms. The SMILES string of the molecule is C1=CC(c2ccncc2)=C(c2cc3ccccc3o2)NC1. The van der Waals surface area contributed by atoms with Gasteiger partial charge in [0.15, 0.2) is 5.76 Å². The van der Waals surface area contributed by atoms with Crippen LogP contribution in [0.25, 0.3) is 22.2 Å². The summed E-state index contributed by atoms with van der Waals surface area (Å²) in [6.45, 7) is 0.807. The monoisotopic (exact) mass is 274 g/mol. The van der Waals surface area contributed by atoms with Gasteiger partial charge in [0.05, 0.1) is 5.70 Å². The Morgan fingerprint density at radius 3 is 2.76 bits per heavy atom. The van der Waals surface area contributed by atoms with Gasteiger partial charge in [0.2, 0.25) is 0 Å². The Labute approximate surface area is 122 Å². The number of nitrogens with zero attached hydrogens (tertiary/aromatic N) is 1. The van der Waals surface area contributed by atoms with E-state index in [0.717, 1.165) is 40.1 Å². The van der Waals surface area contributed by atoms with Crippen molar-refractivity contribution in [1.29, 1.82) is 0 Å². The summed E-state index contributed by atoms with van der Waals surface area (Å²) in [5.41, 5.74) is 4.19. The predicted molar refractivity (Wildman–Crippen MR) is 84.4 cm³/mol. The van der Waals surface area contributed by atoms with E-state index < -0.39 is 0 Å². The standard InChI is InChI=1S/C18H14N2O/c1-2-6-16-14(4-1)12-17(21-16)18-15(5-3-9-20-18)13-7-10-19-11-8-13/h1-8,10-12,20H,9H2. The number of hydrogen-bond acceptors (Lipinski definition) is 3. The van der Waals surface area contributed by atoms with Crippen LogP contribution < -0.4 is 5.32 Å². The highest BCUT2D eigenvalue weighted by atomic mass is 16.3. The van der Waals surface area contributed by atoms with Crippen LogP contribution in [0.3, 0.4) is 0 Å². The molecule has 1 N–H and O–H groups in total. The van der Waals surface area contributed by atoms with E-state index in [1.807, 2.05) is 30.3 Å². The summed E-state index contributed by atoms with van der Waals surface area (Å²) < 4.78 is 5.99. The van der Waals surface area contributed by atoms with Gasteiger partial charge in [-0.1, -0.05) is 30.4 Å². The summed E-state index contributed by atoms with van der Waals surface area (Å²) >= 11 is 0. The molecule has 3 nitrogen and oxygen atoms in total. The fourth-order valence-electron chi connectivity index (χ4n) is 2.61. The highest BCUT2D eigenvalue weighted by Crippen LogP contribution is 2.30. The van der Waals surface area contributed by atoms with Gasteiger partial charge in [0.25, 0.3) is 0 Å². The number of fused-ring (bicyclic) bond motifs is 1. The first kappa shape index (κ1) is 12.0. The van der Waals surface area contributed by atoms with E-state index in [9.17, 15) is 0 Å². The van der Waals surface area contributed by atoms with Gasteiger partial charge in [-0.25, -0.2) is 0 Å². The molecule has 0 atom stereocenters. The van der Waals surface area contributed by atoms with E-state index in [4.69, 9.17) is 4.42 Å². The molecule has 1 aromatic carbocycles. The number of aromatic nitrogens is 1. The Morgan fingerprint density at radius 2 is 1.90 bits per heavy atom. The molecule has 0 radical (unpaired) electrons. The molecule has 4 rings (SSSR count). The second-order valence-corrected chi connectivity index (χ2v) is 4.96. The van der Waals surface area contributed by atoms with Crippen molar-refractivity contribution in [2.24, 2.45) is 0 Å². The molecule has 3 heterocycles. The molecule has 0 fully saturated rings. The number of allylic oxidation sites excluding steroid dienone is 2. The van der Waals surface area contributed by atoms with Crippen molar-refractivity contribution in [3.63, 3.8) is 0 Å². The van der Waals surface area contributed by atoms with Crippen LogP contribution in [-0.2, 0) is 0 Å². The molecule has 0 amide bonds. The maximum Gasteiger partial charge on any atom is 0.151 e. The number of pyridine rings is 1. The molecule has 3 heteroatoms. The summed E-state index contributed by atoms with van der Waals surface area (Å²) in [4.78, 5) is 4.08. The molecule has 0 saturated heterocycles. The van der Waals surface area contributed by atoms with E-state index in [-0.39, 0.29) is 0 Å². The Bertz CT molecular complexity index is 811.